The Balaban J connectivity index is 1.41. The topological polar surface area (TPSA) is 58.8 Å². The van der Waals surface area contributed by atoms with Gasteiger partial charge in [0, 0.05) is 32.2 Å². The highest BCUT2D eigenvalue weighted by atomic mass is 16.6. The van der Waals surface area contributed by atoms with E-state index < -0.39 is 0 Å². The number of piperazine rings is 1. The second kappa shape index (κ2) is 9.42. The molecule has 154 valence electrons. The summed E-state index contributed by atoms with van der Waals surface area (Å²) in [5, 5.41) is 0. The van der Waals surface area contributed by atoms with Gasteiger partial charge in [-0.1, -0.05) is 67.1 Å². The summed E-state index contributed by atoms with van der Waals surface area (Å²) < 4.78 is 5.53. The Morgan fingerprint density at radius 2 is 1.52 bits per heavy atom. The van der Waals surface area contributed by atoms with Gasteiger partial charge < -0.3 is 15.4 Å². The van der Waals surface area contributed by atoms with Crippen molar-refractivity contribution in [2.45, 2.75) is 31.3 Å². The molecule has 29 heavy (non-hydrogen) atoms. The zero-order valence-electron chi connectivity index (χ0n) is 17.0. The molecule has 0 spiro atoms. The van der Waals surface area contributed by atoms with Crippen LogP contribution >= 0.6 is 0 Å². The lowest BCUT2D eigenvalue weighted by Crippen LogP contribution is -2.51. The number of hydrogen-bond acceptors (Lipinski definition) is 4. The van der Waals surface area contributed by atoms with Crippen LogP contribution in [0, 0.1) is 5.92 Å². The average Bonchev–Trinajstić information content (AvgIpc) is 2.74. The summed E-state index contributed by atoms with van der Waals surface area (Å²) >= 11 is 0. The maximum absolute atomic E-state index is 12.4. The normalized spacial score (nSPS) is 20.0. The summed E-state index contributed by atoms with van der Waals surface area (Å²) in [7, 11) is 0. The highest BCUT2D eigenvalue weighted by Crippen LogP contribution is 2.33. The number of ether oxygens (including phenoxy) is 1. The number of benzene rings is 2. The first-order valence-electron chi connectivity index (χ1n) is 10.7. The molecule has 2 aliphatic rings. The smallest absolute Gasteiger partial charge is 0.409 e. The predicted molar refractivity (Wildman–Crippen MR) is 114 cm³/mol. The second-order valence-corrected chi connectivity index (χ2v) is 8.19. The first-order chi connectivity index (χ1) is 14.2. The van der Waals surface area contributed by atoms with Gasteiger partial charge in [0.05, 0.1) is 12.6 Å². The number of rotatable bonds is 6. The van der Waals surface area contributed by atoms with Crippen molar-refractivity contribution in [3.63, 3.8) is 0 Å². The minimum Gasteiger partial charge on any atom is -0.449 e. The maximum atomic E-state index is 12.4. The standard InChI is InChI=1S/C24H31N3O2/c25-22(20-10-3-1-4-11-20)23(21-12-5-2-6-13-21)26-14-16-27(17-15-26)24(28)29-18-19-8-7-9-19/h1-6,10-13,19,22-23H,7-9,14-18,25H2. The molecule has 1 aliphatic carbocycles. The van der Waals surface area contributed by atoms with Crippen LogP contribution < -0.4 is 5.73 Å². The SMILES string of the molecule is NC(c1ccccc1)C(c1ccccc1)N1CCN(C(=O)OCC2CCC2)CC1. The van der Waals surface area contributed by atoms with E-state index in [1.807, 2.05) is 29.2 Å². The Bertz CT molecular complexity index is 771. The van der Waals surface area contributed by atoms with Crippen molar-refractivity contribution >= 4 is 6.09 Å². The van der Waals surface area contributed by atoms with Crippen molar-refractivity contribution in [1.82, 2.24) is 9.80 Å². The molecule has 4 rings (SSSR count). The predicted octanol–water partition coefficient (Wildman–Crippen LogP) is 3.98. The van der Waals surface area contributed by atoms with Crippen molar-refractivity contribution in [3.8, 4) is 0 Å². The minimum atomic E-state index is -0.167. The zero-order chi connectivity index (χ0) is 20.1. The van der Waals surface area contributed by atoms with E-state index in [4.69, 9.17) is 10.5 Å². The van der Waals surface area contributed by atoms with Crippen molar-refractivity contribution < 1.29 is 9.53 Å². The lowest BCUT2D eigenvalue weighted by atomic mass is 9.86. The molecule has 2 unspecified atom stereocenters. The molecule has 5 nitrogen and oxygen atoms in total. The van der Waals surface area contributed by atoms with E-state index in [2.05, 4.69) is 41.3 Å². The third-order valence-corrected chi connectivity index (χ3v) is 6.30. The van der Waals surface area contributed by atoms with Gasteiger partial charge in [-0.3, -0.25) is 4.90 Å². The van der Waals surface area contributed by atoms with Gasteiger partial charge in [0.25, 0.3) is 0 Å². The number of hydrogen-bond donors (Lipinski definition) is 1. The molecule has 0 bridgehead atoms. The molecular weight excluding hydrogens is 362 g/mol. The van der Waals surface area contributed by atoms with Gasteiger partial charge in [-0.25, -0.2) is 4.79 Å². The Kier molecular flexibility index (Phi) is 6.47. The van der Waals surface area contributed by atoms with Crippen molar-refractivity contribution in [1.29, 1.82) is 0 Å². The lowest BCUT2D eigenvalue weighted by molar-refractivity contribution is 0.0432. The molecule has 0 aromatic heterocycles. The van der Waals surface area contributed by atoms with Crippen LogP contribution in [-0.4, -0.2) is 48.7 Å². The van der Waals surface area contributed by atoms with Gasteiger partial charge in [-0.15, -0.1) is 0 Å². The maximum Gasteiger partial charge on any atom is 0.409 e. The number of nitrogens with zero attached hydrogens (tertiary/aromatic N) is 2. The molecule has 1 heterocycles. The van der Waals surface area contributed by atoms with Crippen LogP contribution in [0.2, 0.25) is 0 Å². The second-order valence-electron chi connectivity index (χ2n) is 8.19. The first kappa shape index (κ1) is 19.9. The molecule has 1 saturated carbocycles. The average molecular weight is 394 g/mol. The fourth-order valence-electron chi connectivity index (χ4n) is 4.28. The Morgan fingerprint density at radius 1 is 0.931 bits per heavy atom. The summed E-state index contributed by atoms with van der Waals surface area (Å²) in [6.45, 7) is 3.50. The zero-order valence-corrected chi connectivity index (χ0v) is 17.0. The fraction of sp³-hybridized carbons (Fsp3) is 0.458. The molecule has 2 aromatic carbocycles. The Morgan fingerprint density at radius 3 is 2.07 bits per heavy atom. The molecule has 2 atom stereocenters. The Hall–Kier alpha value is -2.37. The Labute approximate surface area is 173 Å². The van der Waals surface area contributed by atoms with Gasteiger partial charge in [0.2, 0.25) is 0 Å². The largest absolute Gasteiger partial charge is 0.449 e. The molecule has 0 radical (unpaired) electrons. The molecule has 2 fully saturated rings. The summed E-state index contributed by atoms with van der Waals surface area (Å²) in [4.78, 5) is 16.6. The molecule has 5 heteroatoms. The number of carbonyl (C=O) groups excluding carboxylic acids is 1. The van der Waals surface area contributed by atoms with Crippen molar-refractivity contribution in [3.05, 3.63) is 71.8 Å². The highest BCUT2D eigenvalue weighted by molar-refractivity contribution is 5.67. The number of nitrogens with two attached hydrogens (primary N) is 1. The van der Waals surface area contributed by atoms with Crippen LogP contribution in [0.3, 0.4) is 0 Å². The van der Waals surface area contributed by atoms with Crippen LogP contribution in [0.4, 0.5) is 4.79 Å². The molecule has 1 saturated heterocycles. The van der Waals surface area contributed by atoms with Gasteiger partial charge in [0.1, 0.15) is 0 Å². The highest BCUT2D eigenvalue weighted by Gasteiger charge is 2.32. The van der Waals surface area contributed by atoms with Gasteiger partial charge in [0.15, 0.2) is 0 Å². The number of carbonyl (C=O) groups is 1. The van der Waals surface area contributed by atoms with Gasteiger partial charge in [-0.2, -0.15) is 0 Å². The summed E-state index contributed by atoms with van der Waals surface area (Å²) in [6.07, 6.45) is 3.48. The van der Waals surface area contributed by atoms with Gasteiger partial charge in [-0.05, 0) is 29.9 Å². The fourth-order valence-corrected chi connectivity index (χ4v) is 4.28. The molecule has 1 amide bonds. The lowest BCUT2D eigenvalue weighted by Gasteiger charge is -2.41. The molecule has 2 N–H and O–H groups in total. The third-order valence-electron chi connectivity index (χ3n) is 6.30. The van der Waals surface area contributed by atoms with E-state index in [1.165, 1.54) is 24.8 Å². The van der Waals surface area contributed by atoms with E-state index in [0.717, 1.165) is 18.7 Å². The summed E-state index contributed by atoms with van der Waals surface area (Å²) in [5.74, 6) is 0.576. The number of amides is 1. The monoisotopic (exact) mass is 393 g/mol. The molecule has 2 aromatic rings. The van der Waals surface area contributed by atoms with Crippen LogP contribution in [0.1, 0.15) is 42.5 Å². The van der Waals surface area contributed by atoms with E-state index in [-0.39, 0.29) is 18.2 Å². The van der Waals surface area contributed by atoms with Crippen LogP contribution in [0.5, 0.6) is 0 Å². The molecule has 1 aliphatic heterocycles. The summed E-state index contributed by atoms with van der Waals surface area (Å²) in [5.41, 5.74) is 9.09. The van der Waals surface area contributed by atoms with E-state index in [9.17, 15) is 4.79 Å². The van der Waals surface area contributed by atoms with Crippen molar-refractivity contribution in [2.24, 2.45) is 11.7 Å². The van der Waals surface area contributed by atoms with Crippen molar-refractivity contribution in [2.75, 3.05) is 32.8 Å². The quantitative estimate of drug-likeness (QED) is 0.806. The van der Waals surface area contributed by atoms with E-state index in [1.54, 1.807) is 0 Å². The molecular formula is C24H31N3O2. The van der Waals surface area contributed by atoms with E-state index in [0.29, 0.717) is 25.6 Å². The third kappa shape index (κ3) is 4.80. The minimum absolute atomic E-state index is 0.0757. The first-order valence-corrected chi connectivity index (χ1v) is 10.7. The van der Waals surface area contributed by atoms with Crippen LogP contribution in [0.25, 0.3) is 0 Å². The van der Waals surface area contributed by atoms with Crippen LogP contribution in [-0.2, 0) is 4.74 Å². The van der Waals surface area contributed by atoms with E-state index >= 15 is 0 Å². The van der Waals surface area contributed by atoms with Crippen LogP contribution in [0.15, 0.2) is 60.7 Å². The summed E-state index contributed by atoms with van der Waals surface area (Å²) in [6, 6.07) is 20.7. The van der Waals surface area contributed by atoms with Gasteiger partial charge >= 0.3 is 6.09 Å².